The first kappa shape index (κ1) is 11.2. The van der Waals surface area contributed by atoms with E-state index >= 15 is 0 Å². The van der Waals surface area contributed by atoms with E-state index in [9.17, 15) is 0 Å². The fourth-order valence-electron chi connectivity index (χ4n) is 2.29. The highest BCUT2D eigenvalue weighted by atomic mass is 32.1. The maximum Gasteiger partial charge on any atom is 0.133 e. The third-order valence-corrected chi connectivity index (χ3v) is 3.36. The molecule has 1 aliphatic heterocycles. The van der Waals surface area contributed by atoms with Gasteiger partial charge in [-0.1, -0.05) is 36.5 Å². The van der Waals surface area contributed by atoms with Crippen LogP contribution in [0.3, 0.4) is 0 Å². The number of benzene rings is 1. The summed E-state index contributed by atoms with van der Waals surface area (Å²) in [5, 5.41) is 0. The van der Waals surface area contributed by atoms with Gasteiger partial charge in [-0.15, -0.1) is 0 Å². The van der Waals surface area contributed by atoms with Gasteiger partial charge >= 0.3 is 0 Å². The molecule has 0 radical (unpaired) electrons. The molecule has 3 nitrogen and oxygen atoms in total. The lowest BCUT2D eigenvalue weighted by atomic mass is 10.2. The van der Waals surface area contributed by atoms with Crippen LogP contribution in [0.25, 0.3) is 0 Å². The second-order valence-electron chi connectivity index (χ2n) is 4.28. The van der Waals surface area contributed by atoms with E-state index in [0.717, 1.165) is 18.8 Å². The zero-order chi connectivity index (χ0) is 12.5. The number of anilines is 2. The fraction of sp³-hybridized carbons (Fsp3) is 0.143. The maximum absolute atomic E-state index is 5.63. The molecule has 1 aromatic carbocycles. The van der Waals surface area contributed by atoms with Crippen molar-refractivity contribution < 1.29 is 0 Å². The molecule has 2 heterocycles. The largest absolute Gasteiger partial charge is 0.388 e. The molecule has 0 atom stereocenters. The molecule has 0 bridgehead atoms. The lowest BCUT2D eigenvalue weighted by molar-refractivity contribution is 0.972. The summed E-state index contributed by atoms with van der Waals surface area (Å²) < 4.78 is 0. The molecule has 18 heavy (non-hydrogen) atoms. The second kappa shape index (κ2) is 4.38. The zero-order valence-corrected chi connectivity index (χ0v) is 10.7. The summed E-state index contributed by atoms with van der Waals surface area (Å²) >= 11 is 4.97. The molecule has 90 valence electrons. The SMILES string of the molecule is NC(=S)c1cccc(N2CCc3ccccc32)n1. The summed E-state index contributed by atoms with van der Waals surface area (Å²) in [4.78, 5) is 7.06. The van der Waals surface area contributed by atoms with Crippen LogP contribution in [0, 0.1) is 0 Å². The van der Waals surface area contributed by atoms with Gasteiger partial charge in [0.2, 0.25) is 0 Å². The fourth-order valence-corrected chi connectivity index (χ4v) is 2.40. The Kier molecular flexibility index (Phi) is 2.72. The minimum absolute atomic E-state index is 0.337. The Labute approximate surface area is 111 Å². The van der Waals surface area contributed by atoms with Crippen LogP contribution in [0.1, 0.15) is 11.3 Å². The Morgan fingerprint density at radius 1 is 1.17 bits per heavy atom. The highest BCUT2D eigenvalue weighted by Crippen LogP contribution is 2.32. The van der Waals surface area contributed by atoms with Gasteiger partial charge in [-0.25, -0.2) is 4.98 Å². The molecule has 0 saturated carbocycles. The topological polar surface area (TPSA) is 42.1 Å². The lowest BCUT2D eigenvalue weighted by Crippen LogP contribution is -2.18. The minimum Gasteiger partial charge on any atom is -0.388 e. The lowest BCUT2D eigenvalue weighted by Gasteiger charge is -2.18. The summed E-state index contributed by atoms with van der Waals surface area (Å²) in [5.41, 5.74) is 8.89. The van der Waals surface area contributed by atoms with Crippen molar-refractivity contribution in [1.82, 2.24) is 4.98 Å². The maximum atomic E-state index is 5.63. The molecule has 0 spiro atoms. The van der Waals surface area contributed by atoms with Crippen molar-refractivity contribution in [3.05, 3.63) is 53.7 Å². The number of rotatable bonds is 2. The number of hydrogen-bond acceptors (Lipinski definition) is 3. The van der Waals surface area contributed by atoms with Crippen LogP contribution in [0.5, 0.6) is 0 Å². The summed E-state index contributed by atoms with van der Waals surface area (Å²) in [6.45, 7) is 0.952. The van der Waals surface area contributed by atoms with Crippen molar-refractivity contribution in [2.24, 2.45) is 5.73 Å². The zero-order valence-electron chi connectivity index (χ0n) is 9.84. The molecule has 2 N–H and O–H groups in total. The van der Waals surface area contributed by atoms with Gasteiger partial charge in [0, 0.05) is 12.2 Å². The number of para-hydroxylation sites is 1. The predicted octanol–water partition coefficient (Wildman–Crippen LogP) is 2.41. The van der Waals surface area contributed by atoms with E-state index in [1.54, 1.807) is 0 Å². The first-order valence-electron chi connectivity index (χ1n) is 5.88. The monoisotopic (exact) mass is 255 g/mol. The summed E-state index contributed by atoms with van der Waals surface area (Å²) in [6.07, 6.45) is 1.05. The number of aromatic nitrogens is 1. The van der Waals surface area contributed by atoms with Crippen molar-refractivity contribution in [2.75, 3.05) is 11.4 Å². The Balaban J connectivity index is 2.02. The molecular weight excluding hydrogens is 242 g/mol. The first-order valence-corrected chi connectivity index (χ1v) is 6.29. The van der Waals surface area contributed by atoms with Crippen LogP contribution in [0.4, 0.5) is 11.5 Å². The Morgan fingerprint density at radius 3 is 2.83 bits per heavy atom. The van der Waals surface area contributed by atoms with Gasteiger partial charge in [-0.05, 0) is 30.2 Å². The molecular formula is C14H13N3S. The van der Waals surface area contributed by atoms with Crippen molar-refractivity contribution in [3.8, 4) is 0 Å². The summed E-state index contributed by atoms with van der Waals surface area (Å²) in [6, 6.07) is 14.2. The van der Waals surface area contributed by atoms with Gasteiger partial charge in [0.25, 0.3) is 0 Å². The van der Waals surface area contributed by atoms with E-state index < -0.39 is 0 Å². The molecule has 4 heteroatoms. The van der Waals surface area contributed by atoms with Gasteiger partial charge in [0.15, 0.2) is 0 Å². The first-order chi connectivity index (χ1) is 8.75. The average molecular weight is 255 g/mol. The van der Waals surface area contributed by atoms with Gasteiger partial charge in [0.05, 0.1) is 5.69 Å². The second-order valence-corrected chi connectivity index (χ2v) is 4.72. The van der Waals surface area contributed by atoms with Gasteiger partial charge < -0.3 is 10.6 Å². The van der Waals surface area contributed by atoms with E-state index in [1.165, 1.54) is 11.3 Å². The number of thiocarbonyl (C=S) groups is 1. The van der Waals surface area contributed by atoms with E-state index in [0.29, 0.717) is 10.7 Å². The van der Waals surface area contributed by atoms with Crippen LogP contribution < -0.4 is 10.6 Å². The van der Waals surface area contributed by atoms with E-state index in [-0.39, 0.29) is 0 Å². The minimum atomic E-state index is 0.337. The van der Waals surface area contributed by atoms with Crippen molar-refractivity contribution in [3.63, 3.8) is 0 Å². The standard InChI is InChI=1S/C14H13N3S/c15-14(18)11-5-3-7-13(16-11)17-9-8-10-4-1-2-6-12(10)17/h1-7H,8-9H2,(H2,15,18). The van der Waals surface area contributed by atoms with Crippen LogP contribution >= 0.6 is 12.2 Å². The smallest absolute Gasteiger partial charge is 0.133 e. The highest BCUT2D eigenvalue weighted by Gasteiger charge is 2.20. The third kappa shape index (κ3) is 1.84. The Bertz CT molecular complexity index is 609. The van der Waals surface area contributed by atoms with Crippen molar-refractivity contribution in [1.29, 1.82) is 0 Å². The van der Waals surface area contributed by atoms with Crippen LogP contribution in [-0.4, -0.2) is 16.5 Å². The molecule has 0 fully saturated rings. The highest BCUT2D eigenvalue weighted by molar-refractivity contribution is 7.80. The molecule has 1 aliphatic rings. The van der Waals surface area contributed by atoms with Crippen LogP contribution in [0.2, 0.25) is 0 Å². The van der Waals surface area contributed by atoms with Gasteiger partial charge in [-0.2, -0.15) is 0 Å². The van der Waals surface area contributed by atoms with Crippen molar-refractivity contribution in [2.45, 2.75) is 6.42 Å². The third-order valence-electron chi connectivity index (χ3n) is 3.15. The van der Waals surface area contributed by atoms with Gasteiger partial charge in [0.1, 0.15) is 10.8 Å². The molecule has 0 saturated heterocycles. The molecule has 0 amide bonds. The Hall–Kier alpha value is -1.94. The predicted molar refractivity (Wildman–Crippen MR) is 77.3 cm³/mol. The number of fused-ring (bicyclic) bond motifs is 1. The van der Waals surface area contributed by atoms with Crippen molar-refractivity contribution >= 4 is 28.7 Å². The van der Waals surface area contributed by atoms with E-state index in [4.69, 9.17) is 18.0 Å². The number of hydrogen-bond donors (Lipinski definition) is 1. The summed E-state index contributed by atoms with van der Waals surface area (Å²) in [7, 11) is 0. The van der Waals surface area contributed by atoms with Gasteiger partial charge in [-0.3, -0.25) is 0 Å². The Morgan fingerprint density at radius 2 is 2.00 bits per heavy atom. The molecule has 3 rings (SSSR count). The average Bonchev–Trinajstić information content (AvgIpc) is 2.82. The molecule has 0 aliphatic carbocycles. The summed E-state index contributed by atoms with van der Waals surface area (Å²) in [5.74, 6) is 0.908. The van der Waals surface area contributed by atoms with E-state index in [1.807, 2.05) is 18.2 Å². The quantitative estimate of drug-likeness (QED) is 0.837. The molecule has 1 aromatic heterocycles. The number of nitrogens with zero attached hydrogens (tertiary/aromatic N) is 2. The number of pyridine rings is 1. The molecule has 2 aromatic rings. The van der Waals surface area contributed by atoms with E-state index in [2.05, 4.69) is 34.1 Å². The van der Waals surface area contributed by atoms with Crippen LogP contribution in [-0.2, 0) is 6.42 Å². The van der Waals surface area contributed by atoms with Crippen LogP contribution in [0.15, 0.2) is 42.5 Å². The molecule has 0 unspecified atom stereocenters. The normalized spacial score (nSPS) is 13.4. The number of nitrogens with two attached hydrogens (primary N) is 1.